The first-order valence-electron chi connectivity index (χ1n) is 5.43. The van der Waals surface area contributed by atoms with Gasteiger partial charge in [0.2, 0.25) is 0 Å². The summed E-state index contributed by atoms with van der Waals surface area (Å²) in [7, 11) is 0. The lowest BCUT2D eigenvalue weighted by Gasteiger charge is -2.07. The zero-order valence-corrected chi connectivity index (χ0v) is 9.54. The monoisotopic (exact) mass is 262 g/mol. The highest BCUT2D eigenvalue weighted by molar-refractivity contribution is 5.48. The van der Waals surface area contributed by atoms with E-state index >= 15 is 0 Å². The minimum Gasteiger partial charge on any atom is -0.385 e. The standard InChI is InChI=1S/C11H13F3N2O2/c12-11(13,14)7-1-2-8-15-9-3-5-10(6-4-9)16(17)18/h3-6,15H,1-2,7-8H2. The average molecular weight is 262 g/mol. The predicted octanol–water partition coefficient (Wildman–Crippen LogP) is 3.74. The Labute approximate surface area is 102 Å². The molecule has 4 nitrogen and oxygen atoms in total. The van der Waals surface area contributed by atoms with Crippen LogP contribution in [0.5, 0.6) is 0 Å². The summed E-state index contributed by atoms with van der Waals surface area (Å²) in [5, 5.41) is 13.3. The molecule has 0 amide bonds. The summed E-state index contributed by atoms with van der Waals surface area (Å²) in [6.07, 6.45) is -4.41. The molecule has 0 aromatic heterocycles. The lowest BCUT2D eigenvalue weighted by atomic mass is 10.2. The third kappa shape index (κ3) is 5.51. The summed E-state index contributed by atoms with van der Waals surface area (Å²) in [6, 6.07) is 5.75. The van der Waals surface area contributed by atoms with E-state index in [1.165, 1.54) is 24.3 Å². The number of nitrogens with one attached hydrogen (secondary N) is 1. The van der Waals surface area contributed by atoms with E-state index in [9.17, 15) is 23.3 Å². The molecule has 0 bridgehead atoms. The quantitative estimate of drug-likeness (QED) is 0.482. The van der Waals surface area contributed by atoms with Gasteiger partial charge in [0.15, 0.2) is 0 Å². The normalized spacial score (nSPS) is 11.3. The minimum atomic E-state index is -4.10. The van der Waals surface area contributed by atoms with E-state index in [1.54, 1.807) is 0 Å². The second-order valence-corrected chi connectivity index (χ2v) is 3.80. The second kappa shape index (κ2) is 6.23. The van der Waals surface area contributed by atoms with Crippen LogP contribution < -0.4 is 5.32 Å². The number of alkyl halides is 3. The fourth-order valence-corrected chi connectivity index (χ4v) is 1.38. The molecule has 1 N–H and O–H groups in total. The molecule has 0 aliphatic heterocycles. The highest BCUT2D eigenvalue weighted by Crippen LogP contribution is 2.22. The maximum absolute atomic E-state index is 11.8. The van der Waals surface area contributed by atoms with Crippen molar-refractivity contribution in [3.05, 3.63) is 34.4 Å². The number of nitrogens with zero attached hydrogens (tertiary/aromatic N) is 1. The summed E-state index contributed by atoms with van der Waals surface area (Å²) in [4.78, 5) is 9.88. The number of hydrogen-bond acceptors (Lipinski definition) is 3. The van der Waals surface area contributed by atoms with Crippen molar-refractivity contribution >= 4 is 11.4 Å². The molecule has 0 aliphatic carbocycles. The van der Waals surface area contributed by atoms with Crippen LogP contribution in [0.4, 0.5) is 24.5 Å². The Balaban J connectivity index is 2.25. The SMILES string of the molecule is O=[N+]([O-])c1ccc(NCCCCC(F)(F)F)cc1. The van der Waals surface area contributed by atoms with Crippen LogP contribution in [0.15, 0.2) is 24.3 Å². The number of unbranched alkanes of at least 4 members (excludes halogenated alkanes) is 1. The van der Waals surface area contributed by atoms with Crippen molar-refractivity contribution in [2.75, 3.05) is 11.9 Å². The Morgan fingerprint density at radius 2 is 1.78 bits per heavy atom. The molecule has 0 saturated carbocycles. The highest BCUT2D eigenvalue weighted by atomic mass is 19.4. The van der Waals surface area contributed by atoms with E-state index in [1.807, 2.05) is 0 Å². The van der Waals surface area contributed by atoms with E-state index in [2.05, 4.69) is 5.32 Å². The van der Waals surface area contributed by atoms with Gasteiger partial charge in [0.1, 0.15) is 0 Å². The molecule has 0 spiro atoms. The average Bonchev–Trinajstić information content (AvgIpc) is 2.27. The van der Waals surface area contributed by atoms with Gasteiger partial charge in [-0.15, -0.1) is 0 Å². The van der Waals surface area contributed by atoms with E-state index < -0.39 is 17.5 Å². The van der Waals surface area contributed by atoms with Gasteiger partial charge < -0.3 is 5.32 Å². The van der Waals surface area contributed by atoms with Gasteiger partial charge in [-0.25, -0.2) is 0 Å². The van der Waals surface area contributed by atoms with Crippen molar-refractivity contribution in [2.24, 2.45) is 0 Å². The number of nitro groups is 1. The van der Waals surface area contributed by atoms with Gasteiger partial charge in [0, 0.05) is 30.8 Å². The molecule has 0 saturated heterocycles. The fraction of sp³-hybridized carbons (Fsp3) is 0.455. The molecule has 100 valence electrons. The molecule has 0 heterocycles. The molecule has 0 fully saturated rings. The van der Waals surface area contributed by atoms with Crippen LogP contribution >= 0.6 is 0 Å². The van der Waals surface area contributed by atoms with Gasteiger partial charge in [0.25, 0.3) is 5.69 Å². The van der Waals surface area contributed by atoms with E-state index in [-0.39, 0.29) is 12.1 Å². The number of benzene rings is 1. The van der Waals surface area contributed by atoms with Gasteiger partial charge in [0.05, 0.1) is 4.92 Å². The first-order chi connectivity index (χ1) is 8.38. The molecule has 18 heavy (non-hydrogen) atoms. The van der Waals surface area contributed by atoms with Crippen LogP contribution in [0.2, 0.25) is 0 Å². The van der Waals surface area contributed by atoms with Crippen LogP contribution in [0.25, 0.3) is 0 Å². The summed E-state index contributed by atoms with van der Waals surface area (Å²) in [5.74, 6) is 0. The van der Waals surface area contributed by atoms with E-state index in [0.29, 0.717) is 18.7 Å². The largest absolute Gasteiger partial charge is 0.389 e. The molecule has 1 aromatic carbocycles. The first-order valence-corrected chi connectivity index (χ1v) is 5.43. The van der Waals surface area contributed by atoms with Gasteiger partial charge in [-0.3, -0.25) is 10.1 Å². The second-order valence-electron chi connectivity index (χ2n) is 3.80. The van der Waals surface area contributed by atoms with Crippen molar-refractivity contribution < 1.29 is 18.1 Å². The Morgan fingerprint density at radius 3 is 2.28 bits per heavy atom. The maximum atomic E-state index is 11.8. The number of rotatable bonds is 6. The van der Waals surface area contributed by atoms with E-state index in [4.69, 9.17) is 0 Å². The third-order valence-electron chi connectivity index (χ3n) is 2.29. The van der Waals surface area contributed by atoms with Gasteiger partial charge in [-0.05, 0) is 25.0 Å². The Kier molecular flexibility index (Phi) is 4.94. The molecule has 0 aliphatic rings. The number of hydrogen-bond donors (Lipinski definition) is 1. The Bertz CT molecular complexity index is 390. The summed E-state index contributed by atoms with van der Waals surface area (Å²) in [5.41, 5.74) is 0.644. The van der Waals surface area contributed by atoms with Crippen LogP contribution in [0.1, 0.15) is 19.3 Å². The maximum Gasteiger partial charge on any atom is 0.389 e. The molecule has 0 radical (unpaired) electrons. The lowest BCUT2D eigenvalue weighted by Crippen LogP contribution is -2.08. The Hall–Kier alpha value is -1.79. The van der Waals surface area contributed by atoms with Crippen molar-refractivity contribution in [1.29, 1.82) is 0 Å². The number of nitro benzene ring substituents is 1. The topological polar surface area (TPSA) is 55.2 Å². The predicted molar refractivity (Wildman–Crippen MR) is 61.5 cm³/mol. The molecule has 1 rings (SSSR count). The molecular weight excluding hydrogens is 249 g/mol. The summed E-state index contributed by atoms with van der Waals surface area (Å²) < 4.78 is 35.5. The van der Waals surface area contributed by atoms with Crippen molar-refractivity contribution in [1.82, 2.24) is 0 Å². The van der Waals surface area contributed by atoms with Crippen LogP contribution in [-0.4, -0.2) is 17.6 Å². The third-order valence-corrected chi connectivity index (χ3v) is 2.29. The van der Waals surface area contributed by atoms with Gasteiger partial charge in [-0.2, -0.15) is 13.2 Å². The summed E-state index contributed by atoms with van der Waals surface area (Å²) in [6.45, 7) is 0.411. The van der Waals surface area contributed by atoms with Crippen LogP contribution in [0.3, 0.4) is 0 Å². The molecule has 0 unspecified atom stereocenters. The van der Waals surface area contributed by atoms with Crippen molar-refractivity contribution in [3.8, 4) is 0 Å². The minimum absolute atomic E-state index is 0.0161. The molecular formula is C11H13F3N2O2. The van der Waals surface area contributed by atoms with Crippen LogP contribution in [-0.2, 0) is 0 Å². The van der Waals surface area contributed by atoms with Crippen LogP contribution in [0, 0.1) is 10.1 Å². The van der Waals surface area contributed by atoms with Gasteiger partial charge >= 0.3 is 6.18 Å². The first kappa shape index (κ1) is 14.3. The highest BCUT2D eigenvalue weighted by Gasteiger charge is 2.25. The molecule has 1 aromatic rings. The zero-order chi connectivity index (χ0) is 13.6. The number of anilines is 1. The Morgan fingerprint density at radius 1 is 1.17 bits per heavy atom. The number of halogens is 3. The smallest absolute Gasteiger partial charge is 0.385 e. The molecule has 0 atom stereocenters. The number of non-ortho nitro benzene ring substituents is 1. The zero-order valence-electron chi connectivity index (χ0n) is 9.54. The summed E-state index contributed by atoms with van der Waals surface area (Å²) >= 11 is 0. The lowest BCUT2D eigenvalue weighted by molar-refractivity contribution is -0.384. The van der Waals surface area contributed by atoms with Crippen molar-refractivity contribution in [3.63, 3.8) is 0 Å². The van der Waals surface area contributed by atoms with Crippen molar-refractivity contribution in [2.45, 2.75) is 25.4 Å². The van der Waals surface area contributed by atoms with E-state index in [0.717, 1.165) is 0 Å². The molecule has 7 heteroatoms. The van der Waals surface area contributed by atoms with Gasteiger partial charge in [-0.1, -0.05) is 0 Å². The fourth-order valence-electron chi connectivity index (χ4n) is 1.38.